The van der Waals surface area contributed by atoms with Crippen molar-refractivity contribution in [2.45, 2.75) is 71.1 Å². The highest BCUT2D eigenvalue weighted by molar-refractivity contribution is 14.0. The van der Waals surface area contributed by atoms with Crippen LogP contribution in [0.1, 0.15) is 57.9 Å². The Kier molecular flexibility index (Phi) is 10.1. The predicted molar refractivity (Wildman–Crippen MR) is 130 cm³/mol. The molecule has 1 amide bonds. The first kappa shape index (κ1) is 24.7. The monoisotopic (exact) mass is 529 g/mol. The summed E-state index contributed by atoms with van der Waals surface area (Å²) in [6.07, 6.45) is 8.28. The number of guanidine groups is 1. The van der Waals surface area contributed by atoms with E-state index in [1.165, 1.54) is 12.8 Å². The van der Waals surface area contributed by atoms with E-state index in [1.54, 1.807) is 13.2 Å². The molecular weight excluding hydrogens is 493 g/mol. The third kappa shape index (κ3) is 7.28. The molecule has 2 fully saturated rings. The quantitative estimate of drug-likeness (QED) is 0.336. The fourth-order valence-corrected chi connectivity index (χ4v) is 4.04. The Bertz CT molecular complexity index is 707. The van der Waals surface area contributed by atoms with E-state index >= 15 is 0 Å². The molecule has 1 aliphatic heterocycles. The van der Waals surface area contributed by atoms with E-state index in [1.807, 2.05) is 24.0 Å². The Labute approximate surface area is 197 Å². The van der Waals surface area contributed by atoms with Crippen molar-refractivity contribution in [2.24, 2.45) is 10.9 Å². The van der Waals surface area contributed by atoms with Crippen molar-refractivity contribution in [3.8, 4) is 5.88 Å². The van der Waals surface area contributed by atoms with Crippen LogP contribution in [0.15, 0.2) is 23.3 Å². The SMILES string of the molecule is CCC(=O)N1CCC(NC(=NC)NCc2ccnc(OC3CCC(C)CC3)c2)C1.I. The number of nitrogens with one attached hydrogen (secondary N) is 2. The lowest BCUT2D eigenvalue weighted by Crippen LogP contribution is -2.44. The lowest BCUT2D eigenvalue weighted by Gasteiger charge is -2.26. The number of nitrogens with zero attached hydrogens (tertiary/aromatic N) is 3. The summed E-state index contributed by atoms with van der Waals surface area (Å²) in [4.78, 5) is 22.5. The molecule has 2 heterocycles. The average Bonchev–Trinajstić information content (AvgIpc) is 3.21. The van der Waals surface area contributed by atoms with Gasteiger partial charge < -0.3 is 20.3 Å². The highest BCUT2D eigenvalue weighted by Crippen LogP contribution is 2.26. The Morgan fingerprint density at radius 1 is 1.30 bits per heavy atom. The molecule has 1 unspecified atom stereocenters. The number of aromatic nitrogens is 1. The summed E-state index contributed by atoms with van der Waals surface area (Å²) in [5.41, 5.74) is 1.11. The van der Waals surface area contributed by atoms with E-state index < -0.39 is 0 Å². The zero-order valence-electron chi connectivity index (χ0n) is 18.4. The van der Waals surface area contributed by atoms with Crippen LogP contribution in [-0.2, 0) is 11.3 Å². The molecule has 1 aromatic rings. The summed E-state index contributed by atoms with van der Waals surface area (Å²) >= 11 is 0. The second-order valence-corrected chi connectivity index (χ2v) is 8.25. The molecule has 3 rings (SSSR count). The van der Waals surface area contributed by atoms with Crippen LogP contribution in [0, 0.1) is 5.92 Å². The maximum atomic E-state index is 11.9. The topological polar surface area (TPSA) is 78.9 Å². The van der Waals surface area contributed by atoms with Crippen LogP contribution in [0.4, 0.5) is 0 Å². The van der Waals surface area contributed by atoms with Crippen molar-refractivity contribution < 1.29 is 9.53 Å². The third-order valence-electron chi connectivity index (χ3n) is 5.92. The van der Waals surface area contributed by atoms with Crippen molar-refractivity contribution in [1.29, 1.82) is 0 Å². The lowest BCUT2D eigenvalue weighted by molar-refractivity contribution is -0.129. The highest BCUT2D eigenvalue weighted by atomic mass is 127. The van der Waals surface area contributed by atoms with Crippen LogP contribution in [0.3, 0.4) is 0 Å². The number of aliphatic imine (C=N–C) groups is 1. The van der Waals surface area contributed by atoms with Crippen LogP contribution in [0.25, 0.3) is 0 Å². The zero-order chi connectivity index (χ0) is 20.6. The van der Waals surface area contributed by atoms with Crippen LogP contribution >= 0.6 is 24.0 Å². The summed E-state index contributed by atoms with van der Waals surface area (Å²) in [6.45, 7) is 6.41. The first-order chi connectivity index (χ1) is 14.1. The number of likely N-dealkylation sites (tertiary alicyclic amines) is 1. The molecule has 1 saturated carbocycles. The number of hydrogen-bond acceptors (Lipinski definition) is 4. The molecule has 30 heavy (non-hydrogen) atoms. The minimum Gasteiger partial charge on any atom is -0.474 e. The molecule has 1 atom stereocenters. The van der Waals surface area contributed by atoms with E-state index in [9.17, 15) is 4.79 Å². The average molecular weight is 529 g/mol. The van der Waals surface area contributed by atoms with Crippen LogP contribution in [0.5, 0.6) is 5.88 Å². The van der Waals surface area contributed by atoms with Gasteiger partial charge in [0.25, 0.3) is 0 Å². The number of halogens is 1. The van der Waals surface area contributed by atoms with Crippen molar-refractivity contribution in [3.05, 3.63) is 23.9 Å². The van der Waals surface area contributed by atoms with E-state index in [4.69, 9.17) is 4.74 Å². The van der Waals surface area contributed by atoms with Gasteiger partial charge >= 0.3 is 0 Å². The normalized spacial score (nSPS) is 24.2. The van der Waals surface area contributed by atoms with E-state index in [0.717, 1.165) is 49.8 Å². The number of carbonyl (C=O) groups is 1. The fraction of sp³-hybridized carbons (Fsp3) is 0.682. The minimum atomic E-state index is 0. The molecule has 0 spiro atoms. The number of amides is 1. The van der Waals surface area contributed by atoms with Gasteiger partial charge in [-0.3, -0.25) is 9.79 Å². The van der Waals surface area contributed by atoms with Crippen molar-refractivity contribution in [2.75, 3.05) is 20.1 Å². The van der Waals surface area contributed by atoms with Gasteiger partial charge in [0.2, 0.25) is 11.8 Å². The van der Waals surface area contributed by atoms with Gasteiger partial charge in [-0.1, -0.05) is 13.8 Å². The Balaban J connectivity index is 0.00000320. The van der Waals surface area contributed by atoms with Gasteiger partial charge in [0.15, 0.2) is 5.96 Å². The van der Waals surface area contributed by atoms with Crippen LogP contribution in [-0.4, -0.2) is 54.0 Å². The second kappa shape index (κ2) is 12.3. The molecule has 2 N–H and O–H groups in total. The molecule has 0 radical (unpaired) electrons. The van der Waals surface area contributed by atoms with E-state index in [0.29, 0.717) is 18.8 Å². The summed E-state index contributed by atoms with van der Waals surface area (Å²) in [6, 6.07) is 4.24. The molecular formula is C22H36IN5O2. The zero-order valence-corrected chi connectivity index (χ0v) is 20.7. The smallest absolute Gasteiger partial charge is 0.222 e. The molecule has 2 aliphatic rings. The predicted octanol–water partition coefficient (Wildman–Crippen LogP) is 3.33. The van der Waals surface area contributed by atoms with Gasteiger partial charge in [0, 0.05) is 51.4 Å². The number of carbonyl (C=O) groups excluding carboxylic acids is 1. The number of hydrogen-bond donors (Lipinski definition) is 2. The van der Waals surface area contributed by atoms with Crippen molar-refractivity contribution >= 4 is 35.8 Å². The fourth-order valence-electron chi connectivity index (χ4n) is 4.04. The molecule has 1 saturated heterocycles. The molecule has 8 heteroatoms. The van der Waals surface area contributed by atoms with Gasteiger partial charge in [-0.2, -0.15) is 0 Å². The highest BCUT2D eigenvalue weighted by Gasteiger charge is 2.25. The van der Waals surface area contributed by atoms with Crippen molar-refractivity contribution in [1.82, 2.24) is 20.5 Å². The van der Waals surface area contributed by atoms with Gasteiger partial charge in [-0.05, 0) is 49.7 Å². The number of rotatable bonds is 6. The second-order valence-electron chi connectivity index (χ2n) is 8.25. The summed E-state index contributed by atoms with van der Waals surface area (Å²) in [5.74, 6) is 2.48. The summed E-state index contributed by atoms with van der Waals surface area (Å²) < 4.78 is 6.11. The van der Waals surface area contributed by atoms with Gasteiger partial charge in [0.05, 0.1) is 0 Å². The maximum Gasteiger partial charge on any atom is 0.222 e. The molecule has 0 bridgehead atoms. The van der Waals surface area contributed by atoms with Crippen molar-refractivity contribution in [3.63, 3.8) is 0 Å². The van der Waals surface area contributed by atoms with Gasteiger partial charge in [-0.25, -0.2) is 4.98 Å². The molecule has 168 valence electrons. The Morgan fingerprint density at radius 2 is 2.07 bits per heavy atom. The number of ether oxygens (including phenoxy) is 1. The Morgan fingerprint density at radius 3 is 2.77 bits per heavy atom. The third-order valence-corrected chi connectivity index (χ3v) is 5.92. The van der Waals surface area contributed by atoms with Gasteiger partial charge in [0.1, 0.15) is 6.10 Å². The molecule has 1 aromatic heterocycles. The van der Waals surface area contributed by atoms with E-state index in [2.05, 4.69) is 27.5 Å². The maximum absolute atomic E-state index is 11.9. The minimum absolute atomic E-state index is 0. The van der Waals surface area contributed by atoms with Crippen LogP contribution in [0.2, 0.25) is 0 Å². The Hall–Kier alpha value is -1.58. The summed E-state index contributed by atoms with van der Waals surface area (Å²) in [7, 11) is 1.77. The molecule has 0 aromatic carbocycles. The van der Waals surface area contributed by atoms with Gasteiger partial charge in [-0.15, -0.1) is 24.0 Å². The molecule has 7 nitrogen and oxygen atoms in total. The lowest BCUT2D eigenvalue weighted by atomic mass is 9.89. The van der Waals surface area contributed by atoms with Crippen LogP contribution < -0.4 is 15.4 Å². The van der Waals surface area contributed by atoms with E-state index in [-0.39, 0.29) is 42.0 Å². The largest absolute Gasteiger partial charge is 0.474 e. The first-order valence-corrected chi connectivity index (χ1v) is 10.9. The first-order valence-electron chi connectivity index (χ1n) is 10.9. The number of pyridine rings is 1. The summed E-state index contributed by atoms with van der Waals surface area (Å²) in [5, 5.41) is 6.79. The standard InChI is InChI=1S/C22H35N5O2.HI/c1-4-21(28)27-12-10-18(15-27)26-22(23-3)25-14-17-9-11-24-20(13-17)29-19-7-5-16(2)6-8-19;/h9,11,13,16,18-19H,4-8,10,12,14-15H2,1-3H3,(H2,23,25,26);1H. The molecule has 1 aliphatic carbocycles.